The van der Waals surface area contributed by atoms with Crippen molar-refractivity contribution in [2.45, 2.75) is 32.8 Å². The second kappa shape index (κ2) is 4.00. The lowest BCUT2D eigenvalue weighted by molar-refractivity contribution is 0.0999. The maximum absolute atomic E-state index is 5.73. The number of anilines is 1. The summed E-state index contributed by atoms with van der Waals surface area (Å²) in [6.45, 7) is 5.95. The first-order valence-corrected chi connectivity index (χ1v) is 4.79. The van der Waals surface area contributed by atoms with E-state index in [0.717, 1.165) is 6.42 Å². The Labute approximate surface area is 88.5 Å². The van der Waals surface area contributed by atoms with E-state index < -0.39 is 0 Å². The van der Waals surface area contributed by atoms with Crippen molar-refractivity contribution in [1.29, 1.82) is 0 Å². The second-order valence-corrected chi connectivity index (χ2v) is 3.96. The number of halogens is 1. The lowest BCUT2D eigenvalue weighted by Gasteiger charge is -2.24. The van der Waals surface area contributed by atoms with Crippen LogP contribution in [0.4, 0.5) is 5.69 Å². The smallest absolute Gasteiger partial charge is 0.242 e. The molecule has 0 amide bonds. The van der Waals surface area contributed by atoms with Crippen molar-refractivity contribution in [3.05, 3.63) is 11.5 Å². The molecule has 0 unspecified atom stereocenters. The molecule has 2 N–H and O–H groups in total. The van der Waals surface area contributed by atoms with Gasteiger partial charge in [0.05, 0.1) is 0 Å². The summed E-state index contributed by atoms with van der Waals surface area (Å²) in [7, 11) is 0. The van der Waals surface area contributed by atoms with Gasteiger partial charge in [-0.3, -0.25) is 0 Å². The predicted molar refractivity (Wildman–Crippen MR) is 56.5 cm³/mol. The zero-order valence-corrected chi connectivity index (χ0v) is 9.30. The standard InChI is InChI=1S/C9H14ClN3O/c1-4-9(2,3)14-8-6(11)7(10)12-5-13-8/h5H,4,11H2,1-3H3. The molecule has 0 bridgehead atoms. The van der Waals surface area contributed by atoms with E-state index in [2.05, 4.69) is 9.97 Å². The van der Waals surface area contributed by atoms with E-state index in [-0.39, 0.29) is 16.4 Å². The van der Waals surface area contributed by atoms with E-state index in [0.29, 0.717) is 5.88 Å². The van der Waals surface area contributed by atoms with Crippen LogP contribution in [0.1, 0.15) is 27.2 Å². The topological polar surface area (TPSA) is 61.0 Å². The van der Waals surface area contributed by atoms with E-state index in [4.69, 9.17) is 22.1 Å². The third kappa shape index (κ3) is 2.48. The third-order valence-corrected chi connectivity index (χ3v) is 2.32. The van der Waals surface area contributed by atoms with Gasteiger partial charge in [0.25, 0.3) is 0 Å². The van der Waals surface area contributed by atoms with Crippen LogP contribution in [0.5, 0.6) is 5.88 Å². The van der Waals surface area contributed by atoms with Gasteiger partial charge in [-0.1, -0.05) is 18.5 Å². The maximum atomic E-state index is 5.73. The number of ether oxygens (including phenoxy) is 1. The molecular formula is C9H14ClN3O. The molecule has 0 aromatic carbocycles. The summed E-state index contributed by atoms with van der Waals surface area (Å²) in [5.74, 6) is 0.344. The van der Waals surface area contributed by atoms with Crippen LogP contribution in [0.2, 0.25) is 5.15 Å². The second-order valence-electron chi connectivity index (χ2n) is 3.60. The fourth-order valence-electron chi connectivity index (χ4n) is 0.775. The average molecular weight is 216 g/mol. The van der Waals surface area contributed by atoms with Crippen LogP contribution in [-0.4, -0.2) is 15.6 Å². The first-order chi connectivity index (χ1) is 6.46. The Morgan fingerprint density at radius 2 is 2.14 bits per heavy atom. The molecule has 0 aliphatic carbocycles. The van der Waals surface area contributed by atoms with Crippen LogP contribution in [0.15, 0.2) is 6.33 Å². The van der Waals surface area contributed by atoms with Crippen LogP contribution < -0.4 is 10.5 Å². The zero-order valence-electron chi connectivity index (χ0n) is 8.54. The molecule has 0 aliphatic rings. The monoisotopic (exact) mass is 215 g/mol. The van der Waals surface area contributed by atoms with Gasteiger partial charge in [-0.25, -0.2) is 4.98 Å². The molecular weight excluding hydrogens is 202 g/mol. The fraction of sp³-hybridized carbons (Fsp3) is 0.556. The third-order valence-electron chi connectivity index (χ3n) is 2.02. The maximum Gasteiger partial charge on any atom is 0.242 e. The van der Waals surface area contributed by atoms with Gasteiger partial charge in [-0.15, -0.1) is 0 Å². The highest BCUT2D eigenvalue weighted by molar-refractivity contribution is 6.32. The summed E-state index contributed by atoms with van der Waals surface area (Å²) < 4.78 is 5.60. The Bertz CT molecular complexity index is 328. The Morgan fingerprint density at radius 1 is 1.50 bits per heavy atom. The minimum Gasteiger partial charge on any atom is -0.470 e. The largest absolute Gasteiger partial charge is 0.470 e. The highest BCUT2D eigenvalue weighted by atomic mass is 35.5. The number of nitrogens with two attached hydrogens (primary N) is 1. The molecule has 1 aromatic rings. The summed E-state index contributed by atoms with van der Waals surface area (Å²) in [4.78, 5) is 7.67. The lowest BCUT2D eigenvalue weighted by Crippen LogP contribution is -2.27. The van der Waals surface area contributed by atoms with Crippen molar-refractivity contribution in [2.75, 3.05) is 5.73 Å². The number of rotatable bonds is 3. The van der Waals surface area contributed by atoms with Crippen LogP contribution in [-0.2, 0) is 0 Å². The Morgan fingerprint density at radius 3 is 2.71 bits per heavy atom. The van der Waals surface area contributed by atoms with Gasteiger partial charge in [0.1, 0.15) is 17.6 Å². The molecule has 78 valence electrons. The molecule has 14 heavy (non-hydrogen) atoms. The molecule has 0 radical (unpaired) electrons. The van der Waals surface area contributed by atoms with Crippen LogP contribution in [0, 0.1) is 0 Å². The number of hydrogen-bond acceptors (Lipinski definition) is 4. The minimum atomic E-state index is -0.300. The van der Waals surface area contributed by atoms with E-state index in [1.165, 1.54) is 6.33 Å². The van der Waals surface area contributed by atoms with Gasteiger partial charge in [0, 0.05) is 0 Å². The van der Waals surface area contributed by atoms with Crippen molar-refractivity contribution in [1.82, 2.24) is 9.97 Å². The summed E-state index contributed by atoms with van der Waals surface area (Å²) in [5, 5.41) is 0.224. The van der Waals surface area contributed by atoms with Crippen LogP contribution in [0.25, 0.3) is 0 Å². The quantitative estimate of drug-likeness (QED) is 0.786. The van der Waals surface area contributed by atoms with Gasteiger partial charge in [0.15, 0.2) is 5.15 Å². The molecule has 5 heteroatoms. The molecule has 0 aliphatic heterocycles. The molecule has 4 nitrogen and oxygen atoms in total. The van der Waals surface area contributed by atoms with Gasteiger partial charge in [-0.05, 0) is 20.3 Å². The number of nitrogen functional groups attached to an aromatic ring is 1. The molecule has 1 heterocycles. The zero-order chi connectivity index (χ0) is 10.8. The Balaban J connectivity index is 2.92. The van der Waals surface area contributed by atoms with Crippen molar-refractivity contribution in [2.24, 2.45) is 0 Å². The van der Waals surface area contributed by atoms with Crippen LogP contribution >= 0.6 is 11.6 Å². The normalized spacial score (nSPS) is 11.4. The van der Waals surface area contributed by atoms with E-state index >= 15 is 0 Å². The van der Waals surface area contributed by atoms with Gasteiger partial charge in [-0.2, -0.15) is 4.98 Å². The molecule has 0 fully saturated rings. The first kappa shape index (κ1) is 11.0. The van der Waals surface area contributed by atoms with Crippen molar-refractivity contribution >= 4 is 17.3 Å². The van der Waals surface area contributed by atoms with E-state index in [1.807, 2.05) is 20.8 Å². The van der Waals surface area contributed by atoms with E-state index in [9.17, 15) is 0 Å². The average Bonchev–Trinajstić information content (AvgIpc) is 2.13. The number of nitrogens with zero attached hydrogens (tertiary/aromatic N) is 2. The van der Waals surface area contributed by atoms with E-state index in [1.54, 1.807) is 0 Å². The summed E-state index contributed by atoms with van der Waals surface area (Å²) in [6.07, 6.45) is 2.19. The van der Waals surface area contributed by atoms with Gasteiger partial charge in [0.2, 0.25) is 5.88 Å². The lowest BCUT2D eigenvalue weighted by atomic mass is 10.1. The Hall–Kier alpha value is -1.03. The minimum absolute atomic E-state index is 0.224. The number of hydrogen-bond donors (Lipinski definition) is 1. The van der Waals surface area contributed by atoms with Crippen molar-refractivity contribution < 1.29 is 4.74 Å². The summed E-state index contributed by atoms with van der Waals surface area (Å²) >= 11 is 5.73. The van der Waals surface area contributed by atoms with Crippen LogP contribution in [0.3, 0.4) is 0 Å². The molecule has 0 spiro atoms. The first-order valence-electron chi connectivity index (χ1n) is 4.41. The van der Waals surface area contributed by atoms with Gasteiger partial charge < -0.3 is 10.5 Å². The van der Waals surface area contributed by atoms with Gasteiger partial charge >= 0.3 is 0 Å². The Kier molecular flexibility index (Phi) is 3.16. The highest BCUT2D eigenvalue weighted by Gasteiger charge is 2.20. The van der Waals surface area contributed by atoms with Crippen molar-refractivity contribution in [3.63, 3.8) is 0 Å². The molecule has 1 rings (SSSR count). The predicted octanol–water partition coefficient (Wildman–Crippen LogP) is 2.28. The van der Waals surface area contributed by atoms with Crippen molar-refractivity contribution in [3.8, 4) is 5.88 Å². The summed E-state index contributed by atoms with van der Waals surface area (Å²) in [5.41, 5.74) is 5.65. The SMILES string of the molecule is CCC(C)(C)Oc1ncnc(Cl)c1N. The fourth-order valence-corrected chi connectivity index (χ4v) is 0.899. The summed E-state index contributed by atoms with van der Waals surface area (Å²) in [6, 6.07) is 0. The molecule has 0 atom stereocenters. The molecule has 1 aromatic heterocycles. The molecule has 0 saturated heterocycles. The highest BCUT2D eigenvalue weighted by Crippen LogP contribution is 2.28. The number of aromatic nitrogens is 2. The molecule has 0 saturated carbocycles.